The number of hydrogen-bond acceptors (Lipinski definition) is 4. The van der Waals surface area contributed by atoms with Crippen molar-refractivity contribution in [1.29, 1.82) is 0 Å². The summed E-state index contributed by atoms with van der Waals surface area (Å²) >= 11 is 6.06. The Morgan fingerprint density at radius 2 is 1.78 bits per heavy atom. The number of rotatable bonds is 12. The molecule has 6 heteroatoms. The van der Waals surface area contributed by atoms with E-state index in [9.17, 15) is 5.11 Å². The lowest BCUT2D eigenvalue weighted by Crippen LogP contribution is -2.33. The molecule has 32 heavy (non-hydrogen) atoms. The number of nitrogens with zero attached hydrogens (tertiary/aromatic N) is 3. The third-order valence-electron chi connectivity index (χ3n) is 5.45. The SMILES string of the molecule is CCCCC(O)CN(CCC)Cc1c(C)nn(-c2ccccc2)c1Oc1ccc(Cl)cc1. The van der Waals surface area contributed by atoms with Crippen LogP contribution in [0.5, 0.6) is 11.6 Å². The lowest BCUT2D eigenvalue weighted by atomic mass is 10.1. The fourth-order valence-electron chi connectivity index (χ4n) is 3.79. The van der Waals surface area contributed by atoms with Crippen LogP contribution in [0.15, 0.2) is 54.6 Å². The molecule has 1 unspecified atom stereocenters. The van der Waals surface area contributed by atoms with E-state index < -0.39 is 0 Å². The second-order valence-corrected chi connectivity index (χ2v) is 8.64. The van der Waals surface area contributed by atoms with E-state index in [0.717, 1.165) is 49.2 Å². The lowest BCUT2D eigenvalue weighted by Gasteiger charge is -2.25. The van der Waals surface area contributed by atoms with Crippen LogP contribution in [-0.4, -0.2) is 39.0 Å². The van der Waals surface area contributed by atoms with Gasteiger partial charge in [0.05, 0.1) is 23.0 Å². The summed E-state index contributed by atoms with van der Waals surface area (Å²) in [7, 11) is 0. The molecule has 1 aromatic heterocycles. The average Bonchev–Trinajstić information content (AvgIpc) is 3.09. The van der Waals surface area contributed by atoms with Gasteiger partial charge in [-0.2, -0.15) is 5.10 Å². The topological polar surface area (TPSA) is 50.5 Å². The summed E-state index contributed by atoms with van der Waals surface area (Å²) in [4.78, 5) is 2.30. The van der Waals surface area contributed by atoms with Crippen molar-refractivity contribution in [3.63, 3.8) is 0 Å². The largest absolute Gasteiger partial charge is 0.439 e. The standard InChI is InChI=1S/C26H34ClN3O2/c1-4-6-12-23(31)18-29(17-5-2)19-25-20(3)28-30(22-10-8-7-9-11-22)26(25)32-24-15-13-21(27)14-16-24/h7-11,13-16,23,31H,4-6,12,17-19H2,1-3H3. The number of aliphatic hydroxyl groups excluding tert-OH is 1. The number of hydrogen-bond donors (Lipinski definition) is 1. The molecule has 1 heterocycles. The van der Waals surface area contributed by atoms with Crippen molar-refractivity contribution in [3.8, 4) is 17.3 Å². The summed E-state index contributed by atoms with van der Waals surface area (Å²) in [5, 5.41) is 16.0. The number of ether oxygens (including phenoxy) is 1. The van der Waals surface area contributed by atoms with E-state index in [-0.39, 0.29) is 6.10 Å². The first kappa shape index (κ1) is 24.3. The van der Waals surface area contributed by atoms with Crippen molar-refractivity contribution in [2.24, 2.45) is 0 Å². The van der Waals surface area contributed by atoms with Crippen molar-refractivity contribution in [2.75, 3.05) is 13.1 Å². The highest BCUT2D eigenvalue weighted by Crippen LogP contribution is 2.32. The van der Waals surface area contributed by atoms with Crippen molar-refractivity contribution in [2.45, 2.75) is 59.1 Å². The molecule has 0 saturated heterocycles. The second-order valence-electron chi connectivity index (χ2n) is 8.20. The molecule has 5 nitrogen and oxygen atoms in total. The molecule has 0 radical (unpaired) electrons. The Hall–Kier alpha value is -2.34. The maximum atomic E-state index is 10.5. The first-order chi connectivity index (χ1) is 15.5. The Kier molecular flexibility index (Phi) is 9.15. The average molecular weight is 456 g/mol. The smallest absolute Gasteiger partial charge is 0.227 e. The zero-order valence-corrected chi connectivity index (χ0v) is 20.1. The van der Waals surface area contributed by atoms with Crippen LogP contribution >= 0.6 is 11.6 Å². The van der Waals surface area contributed by atoms with Crippen LogP contribution in [-0.2, 0) is 6.54 Å². The zero-order valence-electron chi connectivity index (χ0n) is 19.3. The summed E-state index contributed by atoms with van der Waals surface area (Å²) in [5.41, 5.74) is 2.89. The molecule has 0 aliphatic heterocycles. The number of aryl methyl sites for hydroxylation is 1. The quantitative estimate of drug-likeness (QED) is 0.343. The highest BCUT2D eigenvalue weighted by atomic mass is 35.5. The minimum absolute atomic E-state index is 0.327. The fraction of sp³-hybridized carbons (Fsp3) is 0.423. The van der Waals surface area contributed by atoms with E-state index in [1.807, 2.05) is 66.2 Å². The Morgan fingerprint density at radius 1 is 1.06 bits per heavy atom. The monoisotopic (exact) mass is 455 g/mol. The van der Waals surface area contributed by atoms with E-state index in [4.69, 9.17) is 21.4 Å². The van der Waals surface area contributed by atoms with Gasteiger partial charge in [0.25, 0.3) is 0 Å². The van der Waals surface area contributed by atoms with E-state index in [0.29, 0.717) is 29.7 Å². The van der Waals surface area contributed by atoms with Crippen LogP contribution < -0.4 is 4.74 Å². The van der Waals surface area contributed by atoms with Crippen LogP contribution in [0.1, 0.15) is 50.8 Å². The minimum Gasteiger partial charge on any atom is -0.439 e. The normalized spacial score (nSPS) is 12.3. The highest BCUT2D eigenvalue weighted by Gasteiger charge is 2.22. The Balaban J connectivity index is 1.94. The molecule has 0 amide bonds. The third kappa shape index (κ3) is 6.58. The van der Waals surface area contributed by atoms with Crippen LogP contribution in [0.3, 0.4) is 0 Å². The Bertz CT molecular complexity index is 957. The number of para-hydroxylation sites is 1. The molecule has 0 saturated carbocycles. The highest BCUT2D eigenvalue weighted by molar-refractivity contribution is 6.30. The summed E-state index contributed by atoms with van der Waals surface area (Å²) in [6, 6.07) is 17.4. The molecule has 0 bridgehead atoms. The van der Waals surface area contributed by atoms with Crippen LogP contribution in [0.4, 0.5) is 0 Å². The maximum absolute atomic E-state index is 10.5. The van der Waals surface area contributed by atoms with Crippen molar-refractivity contribution >= 4 is 11.6 Å². The van der Waals surface area contributed by atoms with Crippen LogP contribution in [0.2, 0.25) is 5.02 Å². The molecule has 0 spiro atoms. The summed E-state index contributed by atoms with van der Waals surface area (Å²) in [6.45, 7) is 8.54. The van der Waals surface area contributed by atoms with Gasteiger partial charge in [-0.15, -0.1) is 0 Å². The first-order valence-corrected chi connectivity index (χ1v) is 11.9. The molecule has 3 rings (SSSR count). The summed E-state index contributed by atoms with van der Waals surface area (Å²) < 4.78 is 8.23. The third-order valence-corrected chi connectivity index (χ3v) is 5.70. The van der Waals surface area contributed by atoms with E-state index in [1.54, 1.807) is 0 Å². The van der Waals surface area contributed by atoms with Gasteiger partial charge in [0, 0.05) is 18.1 Å². The number of unbranched alkanes of at least 4 members (excludes halogenated alkanes) is 1. The fourth-order valence-corrected chi connectivity index (χ4v) is 3.91. The van der Waals surface area contributed by atoms with E-state index in [2.05, 4.69) is 18.7 Å². The molecule has 0 fully saturated rings. The molecular weight excluding hydrogens is 422 g/mol. The van der Waals surface area contributed by atoms with Gasteiger partial charge in [-0.3, -0.25) is 4.90 Å². The predicted molar refractivity (Wildman–Crippen MR) is 131 cm³/mol. The van der Waals surface area contributed by atoms with Gasteiger partial charge < -0.3 is 9.84 Å². The molecule has 1 N–H and O–H groups in total. The van der Waals surface area contributed by atoms with Gasteiger partial charge in [-0.1, -0.05) is 56.5 Å². The molecule has 3 aromatic rings. The van der Waals surface area contributed by atoms with E-state index >= 15 is 0 Å². The number of aromatic nitrogens is 2. The maximum Gasteiger partial charge on any atom is 0.227 e. The van der Waals surface area contributed by atoms with Crippen molar-refractivity contribution in [3.05, 3.63) is 70.9 Å². The van der Waals surface area contributed by atoms with Gasteiger partial charge in [-0.05, 0) is 62.7 Å². The minimum atomic E-state index is -0.327. The molecule has 1 atom stereocenters. The predicted octanol–water partition coefficient (Wildman–Crippen LogP) is 6.39. The molecule has 0 aliphatic carbocycles. The number of aliphatic hydroxyl groups is 1. The second kappa shape index (κ2) is 12.0. The number of benzene rings is 2. The molecular formula is C26H34ClN3O2. The Morgan fingerprint density at radius 3 is 2.44 bits per heavy atom. The van der Waals surface area contributed by atoms with Crippen LogP contribution in [0.25, 0.3) is 5.69 Å². The summed E-state index contributed by atoms with van der Waals surface area (Å²) in [6.07, 6.45) is 3.64. The van der Waals surface area contributed by atoms with Crippen molar-refractivity contribution in [1.82, 2.24) is 14.7 Å². The van der Waals surface area contributed by atoms with Gasteiger partial charge in [0.2, 0.25) is 5.88 Å². The summed E-state index contributed by atoms with van der Waals surface area (Å²) in [5.74, 6) is 1.40. The molecule has 0 aliphatic rings. The van der Waals surface area contributed by atoms with Gasteiger partial charge in [0.15, 0.2) is 0 Å². The molecule has 2 aromatic carbocycles. The van der Waals surface area contributed by atoms with Gasteiger partial charge >= 0.3 is 0 Å². The van der Waals surface area contributed by atoms with Gasteiger partial charge in [-0.25, -0.2) is 4.68 Å². The lowest BCUT2D eigenvalue weighted by molar-refractivity contribution is 0.0991. The van der Waals surface area contributed by atoms with Crippen molar-refractivity contribution < 1.29 is 9.84 Å². The van der Waals surface area contributed by atoms with Crippen LogP contribution in [0, 0.1) is 6.92 Å². The zero-order chi connectivity index (χ0) is 22.9. The van der Waals surface area contributed by atoms with E-state index in [1.165, 1.54) is 0 Å². The molecule has 172 valence electrons. The first-order valence-electron chi connectivity index (χ1n) is 11.5. The number of halogens is 1. The Labute approximate surface area is 196 Å². The van der Waals surface area contributed by atoms with Gasteiger partial charge in [0.1, 0.15) is 5.75 Å².